The van der Waals surface area contributed by atoms with Crippen molar-refractivity contribution >= 4 is 46.4 Å². The fourth-order valence-corrected chi connectivity index (χ4v) is 1.41. The van der Waals surface area contributed by atoms with E-state index in [4.69, 9.17) is 46.4 Å². The minimum absolute atomic E-state index is 0.179. The number of halogens is 4. The molecule has 0 aromatic carbocycles. The summed E-state index contributed by atoms with van der Waals surface area (Å²) in [5.41, 5.74) is 0.575. The first-order valence-electron chi connectivity index (χ1n) is 2.70. The molecule has 1 rings (SSSR count). The lowest BCUT2D eigenvalue weighted by Crippen LogP contribution is -1.86. The van der Waals surface area contributed by atoms with Crippen LogP contribution >= 0.6 is 46.4 Å². The van der Waals surface area contributed by atoms with Crippen molar-refractivity contribution in [3.05, 3.63) is 25.9 Å². The lowest BCUT2D eigenvalue weighted by molar-refractivity contribution is 1.20. The van der Waals surface area contributed by atoms with Crippen molar-refractivity contribution in [1.29, 1.82) is 0 Å². The molecule has 1 nitrogen and oxygen atoms in total. The summed E-state index contributed by atoms with van der Waals surface area (Å²) in [5.74, 6) is 0. The van der Waals surface area contributed by atoms with Gasteiger partial charge in [0.25, 0.3) is 0 Å². The van der Waals surface area contributed by atoms with Crippen LogP contribution in [0.5, 0.6) is 0 Å². The van der Waals surface area contributed by atoms with E-state index in [0.717, 1.165) is 0 Å². The average Bonchev–Trinajstić information content (AvgIpc) is 1.97. The third-order valence-electron chi connectivity index (χ3n) is 1.15. The second kappa shape index (κ2) is 3.36. The smallest absolute Gasteiger partial charge is 0.149 e. The quantitative estimate of drug-likeness (QED) is 0.614. The van der Waals surface area contributed by atoms with Crippen molar-refractivity contribution in [2.45, 2.75) is 6.92 Å². The minimum Gasteiger partial charge on any atom is -0.238 e. The van der Waals surface area contributed by atoms with Gasteiger partial charge in [0.05, 0.1) is 20.8 Å². The van der Waals surface area contributed by atoms with Gasteiger partial charge in [-0.3, -0.25) is 0 Å². The van der Waals surface area contributed by atoms with Crippen LogP contribution in [0.25, 0.3) is 0 Å². The summed E-state index contributed by atoms with van der Waals surface area (Å²) < 4.78 is 0. The largest absolute Gasteiger partial charge is 0.238 e. The van der Waals surface area contributed by atoms with Crippen LogP contribution in [-0.4, -0.2) is 4.98 Å². The van der Waals surface area contributed by atoms with Crippen molar-refractivity contribution in [3.63, 3.8) is 0 Å². The molecular formula is C6H3Cl4N. The zero-order valence-electron chi connectivity index (χ0n) is 5.46. The molecule has 0 spiro atoms. The molecule has 0 bridgehead atoms. The molecular weight excluding hydrogens is 228 g/mol. The maximum Gasteiger partial charge on any atom is 0.149 e. The summed E-state index contributed by atoms with van der Waals surface area (Å²) in [5, 5.41) is 0.981. The van der Waals surface area contributed by atoms with E-state index in [2.05, 4.69) is 4.98 Å². The number of nitrogens with zero attached hydrogens (tertiary/aromatic N) is 1. The Kier molecular flexibility index (Phi) is 2.87. The number of aromatic nitrogens is 1. The molecule has 60 valence electrons. The summed E-state index contributed by atoms with van der Waals surface area (Å²) in [7, 11) is 0. The van der Waals surface area contributed by atoms with E-state index in [1.807, 2.05) is 0 Å². The Morgan fingerprint density at radius 1 is 0.909 bits per heavy atom. The highest BCUT2D eigenvalue weighted by Gasteiger charge is 2.11. The predicted molar refractivity (Wildman–Crippen MR) is 49.0 cm³/mol. The van der Waals surface area contributed by atoms with Crippen LogP contribution in [0.3, 0.4) is 0 Å². The predicted octanol–water partition coefficient (Wildman–Crippen LogP) is 4.00. The number of rotatable bonds is 0. The van der Waals surface area contributed by atoms with Crippen molar-refractivity contribution in [2.75, 3.05) is 0 Å². The summed E-state index contributed by atoms with van der Waals surface area (Å²) in [6.45, 7) is 1.70. The Bertz CT molecular complexity index is 271. The van der Waals surface area contributed by atoms with Crippen LogP contribution in [0.2, 0.25) is 20.2 Å². The third-order valence-corrected chi connectivity index (χ3v) is 2.92. The normalized spacial score (nSPS) is 10.3. The molecule has 1 aromatic rings. The van der Waals surface area contributed by atoms with E-state index in [9.17, 15) is 0 Å². The first-order valence-corrected chi connectivity index (χ1v) is 4.22. The highest BCUT2D eigenvalue weighted by atomic mass is 35.5. The van der Waals surface area contributed by atoms with Crippen LogP contribution in [0.4, 0.5) is 0 Å². The van der Waals surface area contributed by atoms with Crippen LogP contribution < -0.4 is 0 Å². The fourth-order valence-electron chi connectivity index (χ4n) is 0.591. The molecule has 11 heavy (non-hydrogen) atoms. The van der Waals surface area contributed by atoms with Gasteiger partial charge in [-0.1, -0.05) is 46.4 Å². The second-order valence-corrected chi connectivity index (χ2v) is 3.42. The van der Waals surface area contributed by atoms with Gasteiger partial charge in [0.1, 0.15) is 5.15 Å². The van der Waals surface area contributed by atoms with Crippen LogP contribution in [-0.2, 0) is 0 Å². The molecule has 0 amide bonds. The maximum atomic E-state index is 5.72. The van der Waals surface area contributed by atoms with Gasteiger partial charge in [0.15, 0.2) is 0 Å². The number of pyridine rings is 1. The standard InChI is InChI=1S/C6H3Cl4N/c1-2-3(7)4(8)5(9)6(10)11-2/h1H3. The molecule has 0 aliphatic carbocycles. The monoisotopic (exact) mass is 229 g/mol. The average molecular weight is 231 g/mol. The van der Waals surface area contributed by atoms with Gasteiger partial charge in [-0.2, -0.15) is 0 Å². The fraction of sp³-hybridized carbons (Fsp3) is 0.167. The molecule has 0 radical (unpaired) electrons. The zero-order chi connectivity index (χ0) is 8.59. The lowest BCUT2D eigenvalue weighted by atomic mass is 10.4. The van der Waals surface area contributed by atoms with E-state index in [0.29, 0.717) is 10.7 Å². The van der Waals surface area contributed by atoms with E-state index >= 15 is 0 Å². The Hall–Kier alpha value is 0.310. The van der Waals surface area contributed by atoms with Crippen LogP contribution in [0.15, 0.2) is 0 Å². The molecule has 0 saturated heterocycles. The number of hydrogen-bond acceptors (Lipinski definition) is 1. The molecule has 1 heterocycles. The topological polar surface area (TPSA) is 12.9 Å². The van der Waals surface area contributed by atoms with Gasteiger partial charge in [-0.05, 0) is 6.92 Å². The molecule has 0 aliphatic heterocycles. The van der Waals surface area contributed by atoms with Crippen LogP contribution in [0.1, 0.15) is 5.69 Å². The summed E-state index contributed by atoms with van der Waals surface area (Å²) in [4.78, 5) is 3.85. The molecule has 0 atom stereocenters. The molecule has 0 N–H and O–H groups in total. The van der Waals surface area contributed by atoms with Gasteiger partial charge in [0, 0.05) is 0 Å². The first-order chi connectivity index (χ1) is 5.04. The lowest BCUT2D eigenvalue weighted by Gasteiger charge is -2.02. The van der Waals surface area contributed by atoms with Crippen molar-refractivity contribution < 1.29 is 0 Å². The summed E-state index contributed by atoms with van der Waals surface area (Å²) in [6, 6.07) is 0. The van der Waals surface area contributed by atoms with E-state index < -0.39 is 0 Å². The Morgan fingerprint density at radius 3 is 2.00 bits per heavy atom. The van der Waals surface area contributed by atoms with E-state index in [1.165, 1.54) is 0 Å². The summed E-state index contributed by atoms with van der Waals surface area (Å²) in [6.07, 6.45) is 0. The SMILES string of the molecule is Cc1nc(Cl)c(Cl)c(Cl)c1Cl. The molecule has 0 unspecified atom stereocenters. The van der Waals surface area contributed by atoms with Gasteiger partial charge < -0.3 is 0 Å². The Labute approximate surface area is 84.2 Å². The zero-order valence-corrected chi connectivity index (χ0v) is 8.48. The second-order valence-electron chi connectivity index (χ2n) is 1.93. The highest BCUT2D eigenvalue weighted by Crippen LogP contribution is 2.35. The van der Waals surface area contributed by atoms with Gasteiger partial charge >= 0.3 is 0 Å². The third kappa shape index (κ3) is 1.73. The summed E-state index contributed by atoms with van der Waals surface area (Å²) >= 11 is 22.7. The molecule has 1 aromatic heterocycles. The van der Waals surface area contributed by atoms with Gasteiger partial charge in [-0.15, -0.1) is 0 Å². The van der Waals surface area contributed by atoms with E-state index in [1.54, 1.807) is 6.92 Å². The maximum absolute atomic E-state index is 5.72. The van der Waals surface area contributed by atoms with Crippen LogP contribution in [0, 0.1) is 6.92 Å². The van der Waals surface area contributed by atoms with E-state index in [-0.39, 0.29) is 15.2 Å². The minimum atomic E-state index is 0.179. The molecule has 0 saturated carbocycles. The van der Waals surface area contributed by atoms with Crippen molar-refractivity contribution in [3.8, 4) is 0 Å². The Balaban J connectivity index is 3.46. The van der Waals surface area contributed by atoms with Gasteiger partial charge in [-0.25, -0.2) is 4.98 Å². The van der Waals surface area contributed by atoms with Crippen molar-refractivity contribution in [1.82, 2.24) is 4.98 Å². The first kappa shape index (κ1) is 9.40. The molecule has 5 heteroatoms. The Morgan fingerprint density at radius 2 is 1.45 bits per heavy atom. The number of aryl methyl sites for hydroxylation is 1. The highest BCUT2D eigenvalue weighted by molar-refractivity contribution is 6.51. The molecule has 0 fully saturated rings. The van der Waals surface area contributed by atoms with Gasteiger partial charge in [0.2, 0.25) is 0 Å². The molecule has 0 aliphatic rings. The van der Waals surface area contributed by atoms with Crippen molar-refractivity contribution in [2.24, 2.45) is 0 Å². The number of hydrogen-bond donors (Lipinski definition) is 0.